The predicted octanol–water partition coefficient (Wildman–Crippen LogP) is 3.09. The second-order valence-corrected chi connectivity index (χ2v) is 10.1. The van der Waals surface area contributed by atoms with Gasteiger partial charge in [0, 0.05) is 17.8 Å². The minimum atomic E-state index is -3.78. The standard InChI is InChI=1S/C19H23N3O5S2/c23-17(24)7-10-29(26,27)16-6-5-14(12-21-16)15(11-13-3-1-2-4-13)18(25)22-19-20-8-9-28-19/h5-6,8-9,12-13,15H,1-4,7,10-11H2,(H,23,24)(H,20,22,25). The van der Waals surface area contributed by atoms with Crippen LogP contribution in [0.25, 0.3) is 0 Å². The molecule has 0 aromatic carbocycles. The molecule has 156 valence electrons. The molecule has 0 spiro atoms. The molecule has 3 rings (SSSR count). The molecular formula is C19H23N3O5S2. The van der Waals surface area contributed by atoms with E-state index in [4.69, 9.17) is 5.11 Å². The van der Waals surface area contributed by atoms with Crippen molar-refractivity contribution in [3.05, 3.63) is 35.5 Å². The van der Waals surface area contributed by atoms with Crippen LogP contribution in [0, 0.1) is 5.92 Å². The highest BCUT2D eigenvalue weighted by molar-refractivity contribution is 7.91. The molecule has 1 fully saturated rings. The van der Waals surface area contributed by atoms with Crippen molar-refractivity contribution in [2.45, 2.75) is 49.5 Å². The lowest BCUT2D eigenvalue weighted by atomic mass is 9.88. The van der Waals surface area contributed by atoms with Gasteiger partial charge in [-0.25, -0.2) is 18.4 Å². The summed E-state index contributed by atoms with van der Waals surface area (Å²) in [7, 11) is -3.78. The highest BCUT2D eigenvalue weighted by atomic mass is 32.2. The Morgan fingerprint density at radius 2 is 2.00 bits per heavy atom. The third-order valence-electron chi connectivity index (χ3n) is 5.09. The fourth-order valence-electron chi connectivity index (χ4n) is 3.56. The number of carbonyl (C=O) groups excluding carboxylic acids is 1. The summed E-state index contributed by atoms with van der Waals surface area (Å²) in [5, 5.41) is 13.7. The van der Waals surface area contributed by atoms with E-state index >= 15 is 0 Å². The van der Waals surface area contributed by atoms with Crippen LogP contribution >= 0.6 is 11.3 Å². The number of rotatable bonds is 9. The molecule has 10 heteroatoms. The van der Waals surface area contributed by atoms with Crippen molar-refractivity contribution in [3.63, 3.8) is 0 Å². The van der Waals surface area contributed by atoms with Gasteiger partial charge in [0.2, 0.25) is 5.91 Å². The van der Waals surface area contributed by atoms with E-state index in [9.17, 15) is 18.0 Å². The Bertz CT molecular complexity index is 937. The van der Waals surface area contributed by atoms with E-state index in [-0.39, 0.29) is 10.9 Å². The van der Waals surface area contributed by atoms with Crippen molar-refractivity contribution in [2.24, 2.45) is 5.92 Å². The van der Waals surface area contributed by atoms with Gasteiger partial charge >= 0.3 is 5.97 Å². The van der Waals surface area contributed by atoms with E-state index in [1.807, 2.05) is 0 Å². The van der Waals surface area contributed by atoms with E-state index in [1.54, 1.807) is 17.6 Å². The van der Waals surface area contributed by atoms with E-state index in [1.165, 1.54) is 23.6 Å². The summed E-state index contributed by atoms with van der Waals surface area (Å²) in [4.78, 5) is 31.7. The molecule has 1 aliphatic rings. The third kappa shape index (κ3) is 5.83. The van der Waals surface area contributed by atoms with Crippen LogP contribution in [0.5, 0.6) is 0 Å². The second kappa shape index (κ2) is 9.45. The van der Waals surface area contributed by atoms with Gasteiger partial charge in [0.15, 0.2) is 20.0 Å². The SMILES string of the molecule is O=C(O)CCS(=O)(=O)c1ccc(C(CC2CCCC2)C(=O)Nc2nccs2)cn1. The smallest absolute Gasteiger partial charge is 0.304 e. The maximum absolute atomic E-state index is 12.9. The van der Waals surface area contributed by atoms with Crippen LogP contribution in [-0.2, 0) is 19.4 Å². The minimum absolute atomic E-state index is 0.178. The number of nitrogens with one attached hydrogen (secondary N) is 1. The number of nitrogens with zero attached hydrogens (tertiary/aromatic N) is 2. The first-order chi connectivity index (χ1) is 13.8. The molecule has 2 aromatic heterocycles. The zero-order valence-electron chi connectivity index (χ0n) is 15.8. The van der Waals surface area contributed by atoms with E-state index in [0.29, 0.717) is 23.0 Å². The number of carbonyl (C=O) groups is 2. The Morgan fingerprint density at radius 1 is 1.24 bits per heavy atom. The second-order valence-electron chi connectivity index (χ2n) is 7.16. The molecule has 1 saturated carbocycles. The van der Waals surface area contributed by atoms with Gasteiger partial charge in [-0.1, -0.05) is 31.7 Å². The molecule has 1 unspecified atom stereocenters. The lowest BCUT2D eigenvalue weighted by molar-refractivity contribution is -0.136. The largest absolute Gasteiger partial charge is 0.481 e. The number of hydrogen-bond donors (Lipinski definition) is 2. The maximum atomic E-state index is 12.9. The van der Waals surface area contributed by atoms with Gasteiger partial charge < -0.3 is 10.4 Å². The summed E-state index contributed by atoms with van der Waals surface area (Å²) >= 11 is 1.33. The van der Waals surface area contributed by atoms with E-state index in [0.717, 1.165) is 25.7 Å². The summed E-state index contributed by atoms with van der Waals surface area (Å²) in [6, 6.07) is 2.95. The van der Waals surface area contributed by atoms with Crippen LogP contribution in [0.3, 0.4) is 0 Å². The molecule has 2 N–H and O–H groups in total. The van der Waals surface area contributed by atoms with Crippen molar-refractivity contribution >= 4 is 38.2 Å². The summed E-state index contributed by atoms with van der Waals surface area (Å²) in [6.07, 6.45) is 7.69. The number of carboxylic acids is 1. The first-order valence-corrected chi connectivity index (χ1v) is 12.0. The number of thiazole rings is 1. The molecule has 1 aliphatic carbocycles. The average molecular weight is 438 g/mol. The molecule has 8 nitrogen and oxygen atoms in total. The topological polar surface area (TPSA) is 126 Å². The Labute approximate surface area is 173 Å². The Morgan fingerprint density at radius 3 is 2.59 bits per heavy atom. The average Bonchev–Trinajstić information content (AvgIpc) is 3.39. The van der Waals surface area contributed by atoms with Crippen LogP contribution in [0.15, 0.2) is 34.9 Å². The predicted molar refractivity (Wildman–Crippen MR) is 109 cm³/mol. The van der Waals surface area contributed by atoms with Gasteiger partial charge in [0.1, 0.15) is 0 Å². The van der Waals surface area contributed by atoms with Crippen LogP contribution < -0.4 is 5.32 Å². The number of anilines is 1. The highest BCUT2D eigenvalue weighted by Gasteiger charge is 2.28. The first kappa shape index (κ1) is 21.4. The number of carboxylic acid groups (broad SMARTS) is 1. The zero-order chi connectivity index (χ0) is 20.9. The number of sulfone groups is 1. The molecular weight excluding hydrogens is 414 g/mol. The van der Waals surface area contributed by atoms with Crippen molar-refractivity contribution in [1.82, 2.24) is 9.97 Å². The van der Waals surface area contributed by atoms with Crippen LogP contribution in [0.4, 0.5) is 5.13 Å². The molecule has 1 amide bonds. The van der Waals surface area contributed by atoms with Crippen LogP contribution in [0.2, 0.25) is 0 Å². The molecule has 0 bridgehead atoms. The Balaban J connectivity index is 1.79. The van der Waals surface area contributed by atoms with E-state index < -0.39 is 33.9 Å². The zero-order valence-corrected chi connectivity index (χ0v) is 17.4. The summed E-state index contributed by atoms with van der Waals surface area (Å²) < 4.78 is 24.5. The van der Waals surface area contributed by atoms with Gasteiger partial charge in [-0.2, -0.15) is 0 Å². The van der Waals surface area contributed by atoms with Crippen LogP contribution in [-0.4, -0.2) is 41.1 Å². The monoisotopic (exact) mass is 437 g/mol. The molecule has 29 heavy (non-hydrogen) atoms. The number of amides is 1. The molecule has 1 atom stereocenters. The maximum Gasteiger partial charge on any atom is 0.304 e. The number of aliphatic carboxylic acids is 1. The van der Waals surface area contributed by atoms with Gasteiger partial charge in [-0.3, -0.25) is 9.59 Å². The molecule has 2 aromatic rings. The summed E-state index contributed by atoms with van der Waals surface area (Å²) in [5.41, 5.74) is 0.642. The molecule has 2 heterocycles. The van der Waals surface area contributed by atoms with E-state index in [2.05, 4.69) is 15.3 Å². The number of pyridine rings is 1. The Kier molecular flexibility index (Phi) is 6.96. The quantitative estimate of drug-likeness (QED) is 0.617. The number of hydrogen-bond acceptors (Lipinski definition) is 7. The lowest BCUT2D eigenvalue weighted by Gasteiger charge is -2.20. The lowest BCUT2D eigenvalue weighted by Crippen LogP contribution is -2.23. The highest BCUT2D eigenvalue weighted by Crippen LogP contribution is 2.35. The first-order valence-electron chi connectivity index (χ1n) is 9.46. The summed E-state index contributed by atoms with van der Waals surface area (Å²) in [6.45, 7) is 0. The van der Waals surface area contributed by atoms with Gasteiger partial charge in [-0.05, 0) is 24.0 Å². The minimum Gasteiger partial charge on any atom is -0.481 e. The van der Waals surface area contributed by atoms with Gasteiger partial charge in [-0.15, -0.1) is 11.3 Å². The van der Waals surface area contributed by atoms with Crippen LogP contribution in [0.1, 0.15) is 50.0 Å². The normalized spacial score (nSPS) is 15.9. The number of aromatic nitrogens is 2. The molecule has 0 aliphatic heterocycles. The third-order valence-corrected chi connectivity index (χ3v) is 7.40. The van der Waals surface area contributed by atoms with Crippen molar-refractivity contribution in [2.75, 3.05) is 11.1 Å². The molecule has 0 saturated heterocycles. The van der Waals surface area contributed by atoms with Crippen molar-refractivity contribution in [1.29, 1.82) is 0 Å². The fourth-order valence-corrected chi connectivity index (χ4v) is 5.23. The van der Waals surface area contributed by atoms with Crippen molar-refractivity contribution < 1.29 is 23.1 Å². The fraction of sp³-hybridized carbons (Fsp3) is 0.474. The van der Waals surface area contributed by atoms with Gasteiger partial charge in [0.05, 0.1) is 18.1 Å². The Hall–Kier alpha value is -2.33. The van der Waals surface area contributed by atoms with Gasteiger partial charge in [0.25, 0.3) is 0 Å². The van der Waals surface area contributed by atoms with Crippen molar-refractivity contribution in [3.8, 4) is 0 Å². The summed E-state index contributed by atoms with van der Waals surface area (Å²) in [5.74, 6) is -1.88. The molecule has 0 radical (unpaired) electrons.